The Balaban J connectivity index is 2.72. The lowest BCUT2D eigenvalue weighted by Crippen LogP contribution is -2.47. The van der Waals surface area contributed by atoms with E-state index in [2.05, 4.69) is 10.2 Å². The van der Waals surface area contributed by atoms with Crippen molar-refractivity contribution in [2.45, 2.75) is 19.5 Å². The Kier molecular flexibility index (Phi) is 4.44. The maximum absolute atomic E-state index is 11.9. The first-order chi connectivity index (χ1) is 8.47. The number of amides is 1. The largest absolute Gasteiger partial charge is 0.455 e. The van der Waals surface area contributed by atoms with Crippen LogP contribution in [0.5, 0.6) is 0 Å². The Morgan fingerprint density at radius 3 is 2.50 bits per heavy atom. The maximum atomic E-state index is 11.9. The summed E-state index contributed by atoms with van der Waals surface area (Å²) >= 11 is 0. The fourth-order valence-electron chi connectivity index (χ4n) is 1.24. The zero-order valence-electron chi connectivity index (χ0n) is 10.3. The van der Waals surface area contributed by atoms with Crippen LogP contribution in [0.4, 0.5) is 0 Å². The van der Waals surface area contributed by atoms with Gasteiger partial charge in [0.1, 0.15) is 0 Å². The third-order valence-corrected chi connectivity index (χ3v) is 2.22. The molecule has 0 aliphatic rings. The molecule has 0 saturated carbocycles. The summed E-state index contributed by atoms with van der Waals surface area (Å²) in [5.41, 5.74) is -0.798. The molecule has 1 unspecified atom stereocenters. The molecule has 0 bridgehead atoms. The van der Waals surface area contributed by atoms with Crippen molar-refractivity contribution in [3.63, 3.8) is 0 Å². The summed E-state index contributed by atoms with van der Waals surface area (Å²) in [5.74, 6) is -0.861. The van der Waals surface area contributed by atoms with Crippen molar-refractivity contribution in [3.05, 3.63) is 47.3 Å². The van der Waals surface area contributed by atoms with Crippen molar-refractivity contribution in [1.82, 2.24) is 5.32 Å². The summed E-state index contributed by atoms with van der Waals surface area (Å²) in [5, 5.41) is 2.54. The molecule has 0 fully saturated rings. The van der Waals surface area contributed by atoms with Gasteiger partial charge in [-0.05, 0) is 12.1 Å². The molecule has 1 rings (SSSR count). The summed E-state index contributed by atoms with van der Waals surface area (Å²) in [7, 11) is 0. The van der Waals surface area contributed by atoms with Crippen LogP contribution in [0.1, 0.15) is 24.2 Å². The van der Waals surface area contributed by atoms with Gasteiger partial charge in [-0.2, -0.15) is 0 Å². The first-order valence-electron chi connectivity index (χ1n) is 5.36. The van der Waals surface area contributed by atoms with Gasteiger partial charge in [0.2, 0.25) is 0 Å². The van der Waals surface area contributed by atoms with E-state index in [0.717, 1.165) is 0 Å². The lowest BCUT2D eigenvalue weighted by Gasteiger charge is -2.18. The van der Waals surface area contributed by atoms with Crippen LogP contribution >= 0.6 is 0 Å². The molecule has 18 heavy (non-hydrogen) atoms. The van der Waals surface area contributed by atoms with E-state index in [1.807, 2.05) is 0 Å². The highest BCUT2D eigenvalue weighted by Gasteiger charge is 2.34. The number of carbonyl (C=O) groups is 2. The topological polar surface area (TPSA) is 59.8 Å². The number of nitrogens with one attached hydrogen (secondary N) is 1. The number of benzene rings is 1. The SMILES string of the molecule is [C-]#[N+]C(C)(COC(C)=O)NC(=O)c1ccccc1. The van der Waals surface area contributed by atoms with E-state index in [4.69, 9.17) is 11.3 Å². The summed E-state index contributed by atoms with van der Waals surface area (Å²) in [6.45, 7) is 9.66. The van der Waals surface area contributed by atoms with Gasteiger partial charge in [-0.15, -0.1) is 0 Å². The Labute approximate surface area is 106 Å². The molecule has 0 spiro atoms. The first-order valence-corrected chi connectivity index (χ1v) is 5.36. The van der Waals surface area contributed by atoms with Crippen LogP contribution in [-0.4, -0.2) is 24.1 Å². The van der Waals surface area contributed by atoms with E-state index in [0.29, 0.717) is 5.56 Å². The predicted molar refractivity (Wildman–Crippen MR) is 65.5 cm³/mol. The van der Waals surface area contributed by atoms with Gasteiger partial charge in [-0.25, -0.2) is 6.57 Å². The predicted octanol–water partition coefficient (Wildman–Crippen LogP) is 1.61. The average Bonchev–Trinajstić information content (AvgIpc) is 2.37. The number of ether oxygens (including phenoxy) is 1. The summed E-state index contributed by atoms with van der Waals surface area (Å²) in [6, 6.07) is 8.55. The van der Waals surface area contributed by atoms with E-state index < -0.39 is 11.6 Å². The van der Waals surface area contributed by atoms with Gasteiger partial charge in [0.05, 0.1) is 0 Å². The third kappa shape index (κ3) is 3.91. The zero-order chi connectivity index (χ0) is 13.6. The minimum absolute atomic E-state index is 0.176. The average molecular weight is 246 g/mol. The van der Waals surface area contributed by atoms with Gasteiger partial charge < -0.3 is 4.74 Å². The monoisotopic (exact) mass is 246 g/mol. The number of nitrogens with zero attached hydrogens (tertiary/aromatic N) is 1. The fraction of sp³-hybridized carbons (Fsp3) is 0.308. The number of esters is 1. The highest BCUT2D eigenvalue weighted by atomic mass is 16.5. The van der Waals surface area contributed by atoms with Crippen LogP contribution in [0.3, 0.4) is 0 Å². The Morgan fingerprint density at radius 1 is 1.39 bits per heavy atom. The molecule has 1 atom stereocenters. The molecule has 0 aliphatic heterocycles. The van der Waals surface area contributed by atoms with Crippen LogP contribution in [0, 0.1) is 6.57 Å². The second-order valence-electron chi connectivity index (χ2n) is 3.99. The van der Waals surface area contributed by atoms with Crippen molar-refractivity contribution in [1.29, 1.82) is 0 Å². The Morgan fingerprint density at radius 2 is 2.00 bits per heavy atom. The van der Waals surface area contributed by atoms with Gasteiger partial charge in [0.15, 0.2) is 6.61 Å². The quantitative estimate of drug-likeness (QED) is 0.648. The van der Waals surface area contributed by atoms with Crippen LogP contribution < -0.4 is 5.32 Å². The second-order valence-corrected chi connectivity index (χ2v) is 3.99. The fourth-order valence-corrected chi connectivity index (χ4v) is 1.24. The molecule has 94 valence electrons. The minimum atomic E-state index is -1.25. The zero-order valence-corrected chi connectivity index (χ0v) is 10.3. The van der Waals surface area contributed by atoms with Crippen molar-refractivity contribution in [2.75, 3.05) is 6.61 Å². The first kappa shape index (κ1) is 13.7. The van der Waals surface area contributed by atoms with E-state index >= 15 is 0 Å². The van der Waals surface area contributed by atoms with Crippen molar-refractivity contribution in [2.24, 2.45) is 0 Å². The molecule has 1 amide bonds. The van der Waals surface area contributed by atoms with Crippen LogP contribution in [0.2, 0.25) is 0 Å². The molecule has 1 N–H and O–H groups in total. The minimum Gasteiger partial charge on any atom is -0.455 e. The van der Waals surface area contributed by atoms with E-state index in [1.165, 1.54) is 13.8 Å². The van der Waals surface area contributed by atoms with Gasteiger partial charge >= 0.3 is 11.6 Å². The number of hydrogen-bond donors (Lipinski definition) is 1. The molecular weight excluding hydrogens is 232 g/mol. The highest BCUT2D eigenvalue weighted by molar-refractivity contribution is 5.94. The van der Waals surface area contributed by atoms with Crippen molar-refractivity contribution >= 4 is 11.9 Å². The van der Waals surface area contributed by atoms with Gasteiger partial charge in [0.25, 0.3) is 5.91 Å². The number of carbonyl (C=O) groups excluding carboxylic acids is 2. The lowest BCUT2D eigenvalue weighted by molar-refractivity contribution is -0.142. The van der Waals surface area contributed by atoms with E-state index in [1.54, 1.807) is 30.3 Å². The smallest absolute Gasteiger partial charge is 0.338 e. The maximum Gasteiger partial charge on any atom is 0.338 e. The molecule has 0 radical (unpaired) electrons. The highest BCUT2D eigenvalue weighted by Crippen LogP contribution is 2.09. The normalized spacial score (nSPS) is 12.9. The Bertz CT molecular complexity index is 479. The molecule has 0 saturated heterocycles. The molecule has 0 aliphatic carbocycles. The number of hydrogen-bond acceptors (Lipinski definition) is 3. The molecule has 0 aromatic heterocycles. The molecule has 0 heterocycles. The summed E-state index contributed by atoms with van der Waals surface area (Å²) in [6.07, 6.45) is 0. The second kappa shape index (κ2) is 5.82. The summed E-state index contributed by atoms with van der Waals surface area (Å²) < 4.78 is 4.77. The van der Waals surface area contributed by atoms with E-state index in [-0.39, 0.29) is 12.5 Å². The molecular formula is C13H14N2O3. The molecule has 1 aromatic carbocycles. The van der Waals surface area contributed by atoms with Crippen molar-refractivity contribution in [3.8, 4) is 0 Å². The standard InChI is InChI=1S/C13H14N2O3/c1-10(16)18-9-13(2,14-3)15-12(17)11-7-5-4-6-8-11/h4-8H,9H2,1-2H3,(H,15,17). The van der Waals surface area contributed by atoms with Crippen molar-refractivity contribution < 1.29 is 14.3 Å². The number of rotatable bonds is 4. The Hall–Kier alpha value is -2.35. The molecule has 5 nitrogen and oxygen atoms in total. The lowest BCUT2D eigenvalue weighted by atomic mass is 10.1. The van der Waals surface area contributed by atoms with Crippen LogP contribution in [0.25, 0.3) is 4.85 Å². The van der Waals surface area contributed by atoms with Gasteiger partial charge in [0, 0.05) is 19.4 Å². The van der Waals surface area contributed by atoms with Crippen LogP contribution in [-0.2, 0) is 9.53 Å². The molecule has 1 aromatic rings. The third-order valence-electron chi connectivity index (χ3n) is 2.22. The molecule has 5 heteroatoms. The summed E-state index contributed by atoms with van der Waals surface area (Å²) in [4.78, 5) is 25.9. The van der Waals surface area contributed by atoms with Crippen LogP contribution in [0.15, 0.2) is 30.3 Å². The van der Waals surface area contributed by atoms with Gasteiger partial charge in [-0.3, -0.25) is 19.8 Å². The van der Waals surface area contributed by atoms with E-state index in [9.17, 15) is 9.59 Å². The van der Waals surface area contributed by atoms with Gasteiger partial charge in [-0.1, -0.05) is 18.2 Å².